The molecule has 3 fully saturated rings. The number of hydrogen-bond donors (Lipinski definition) is 0. The Balaban J connectivity index is 1.37. The smallest absolute Gasteiger partial charge is 0.410 e. The number of hydrogen-bond acceptors (Lipinski definition) is 5. The minimum absolute atomic E-state index is 0.0563. The maximum Gasteiger partial charge on any atom is 0.410 e. The van der Waals surface area contributed by atoms with E-state index in [1.807, 2.05) is 23.1 Å². The van der Waals surface area contributed by atoms with Crippen molar-refractivity contribution in [3.63, 3.8) is 0 Å². The molecule has 3 saturated heterocycles. The topological polar surface area (TPSA) is 45.7 Å². The van der Waals surface area contributed by atoms with Gasteiger partial charge in [0.2, 0.25) is 0 Å². The Morgan fingerprint density at radius 1 is 1.26 bits per heavy atom. The van der Waals surface area contributed by atoms with Crippen LogP contribution in [0.25, 0.3) is 0 Å². The van der Waals surface area contributed by atoms with Crippen molar-refractivity contribution in [2.75, 3.05) is 31.1 Å². The first-order valence-electron chi connectivity index (χ1n) is 8.50. The van der Waals surface area contributed by atoms with Gasteiger partial charge in [-0.05, 0) is 36.5 Å². The number of amides is 1. The summed E-state index contributed by atoms with van der Waals surface area (Å²) in [6.07, 6.45) is 5.05. The van der Waals surface area contributed by atoms with Crippen molar-refractivity contribution in [2.45, 2.75) is 37.5 Å². The molecule has 4 rings (SSSR count). The largest absolute Gasteiger partial charge is 0.442 e. The van der Waals surface area contributed by atoms with Crippen LogP contribution in [0.3, 0.4) is 0 Å². The first kappa shape index (κ1) is 15.3. The molecule has 1 amide bonds. The number of carbonyl (C=O) groups excluding carboxylic acids is 1. The Labute approximate surface area is 141 Å². The van der Waals surface area contributed by atoms with Gasteiger partial charge in [-0.1, -0.05) is 6.07 Å². The summed E-state index contributed by atoms with van der Waals surface area (Å²) >= 11 is 2.06. The molecule has 6 heteroatoms. The van der Waals surface area contributed by atoms with Gasteiger partial charge in [0.25, 0.3) is 0 Å². The first-order valence-corrected chi connectivity index (χ1v) is 9.66. The molecule has 124 valence electrons. The fourth-order valence-electron chi connectivity index (χ4n) is 3.92. The summed E-state index contributed by atoms with van der Waals surface area (Å²) in [6.45, 7) is 2.57. The molecule has 0 bridgehead atoms. The summed E-state index contributed by atoms with van der Waals surface area (Å²) < 4.78 is 5.63. The third-order valence-electron chi connectivity index (χ3n) is 5.19. The van der Waals surface area contributed by atoms with Gasteiger partial charge in [0, 0.05) is 44.0 Å². The monoisotopic (exact) mass is 333 g/mol. The number of carbonyl (C=O) groups is 1. The predicted molar refractivity (Wildman–Crippen MR) is 90.6 cm³/mol. The van der Waals surface area contributed by atoms with Crippen molar-refractivity contribution in [2.24, 2.45) is 0 Å². The van der Waals surface area contributed by atoms with E-state index in [9.17, 15) is 4.79 Å². The molecule has 0 unspecified atom stereocenters. The quantitative estimate of drug-likeness (QED) is 0.844. The molecule has 3 aliphatic heterocycles. The second-order valence-corrected chi connectivity index (χ2v) is 7.78. The third-order valence-corrected chi connectivity index (χ3v) is 6.24. The number of likely N-dealkylation sites (tertiary alicyclic amines) is 1. The van der Waals surface area contributed by atoms with E-state index < -0.39 is 0 Å². The van der Waals surface area contributed by atoms with E-state index >= 15 is 0 Å². The zero-order valence-corrected chi connectivity index (χ0v) is 14.1. The summed E-state index contributed by atoms with van der Waals surface area (Å²) in [5.74, 6) is 2.53. The molecule has 0 N–H and O–H groups in total. The lowest BCUT2D eigenvalue weighted by Gasteiger charge is -2.31. The van der Waals surface area contributed by atoms with Crippen LogP contribution in [-0.2, 0) is 11.2 Å². The summed E-state index contributed by atoms with van der Waals surface area (Å²) in [7, 11) is 0. The highest BCUT2D eigenvalue weighted by Gasteiger charge is 2.48. The zero-order chi connectivity index (χ0) is 15.6. The predicted octanol–water partition coefficient (Wildman–Crippen LogP) is 2.02. The molecule has 4 heterocycles. The second kappa shape index (κ2) is 6.69. The summed E-state index contributed by atoms with van der Waals surface area (Å²) in [6, 6.07) is 6.82. The van der Waals surface area contributed by atoms with Crippen LogP contribution >= 0.6 is 11.8 Å². The van der Waals surface area contributed by atoms with Gasteiger partial charge in [-0.3, -0.25) is 14.8 Å². The first-order chi connectivity index (χ1) is 11.3. The molecule has 2 atom stereocenters. The van der Waals surface area contributed by atoms with Crippen LogP contribution in [-0.4, -0.2) is 70.2 Å². The molecule has 0 radical (unpaired) electrons. The van der Waals surface area contributed by atoms with Crippen molar-refractivity contribution in [3.8, 4) is 0 Å². The highest BCUT2D eigenvalue weighted by Crippen LogP contribution is 2.31. The van der Waals surface area contributed by atoms with Gasteiger partial charge in [0.15, 0.2) is 0 Å². The van der Waals surface area contributed by atoms with Gasteiger partial charge < -0.3 is 4.74 Å². The molecule has 3 aliphatic rings. The van der Waals surface area contributed by atoms with Crippen molar-refractivity contribution in [1.29, 1.82) is 0 Å². The lowest BCUT2D eigenvalue weighted by atomic mass is 10.1. The van der Waals surface area contributed by atoms with E-state index in [1.54, 1.807) is 6.20 Å². The Kier molecular flexibility index (Phi) is 4.44. The average molecular weight is 333 g/mol. The maximum absolute atomic E-state index is 12.2. The highest BCUT2D eigenvalue weighted by molar-refractivity contribution is 7.99. The Hall–Kier alpha value is -1.27. The summed E-state index contributed by atoms with van der Waals surface area (Å²) in [5, 5.41) is 0. The minimum atomic E-state index is -0.144. The van der Waals surface area contributed by atoms with Crippen LogP contribution in [0, 0.1) is 0 Å². The molecule has 0 aromatic carbocycles. The third kappa shape index (κ3) is 3.19. The molecule has 0 spiro atoms. The molecule has 0 saturated carbocycles. The van der Waals surface area contributed by atoms with Gasteiger partial charge >= 0.3 is 6.09 Å². The highest BCUT2D eigenvalue weighted by atomic mass is 32.2. The molecule has 0 aliphatic carbocycles. The van der Waals surface area contributed by atoms with Crippen LogP contribution in [0.4, 0.5) is 4.79 Å². The van der Waals surface area contributed by atoms with Crippen molar-refractivity contribution in [1.82, 2.24) is 14.8 Å². The number of pyridine rings is 1. The van der Waals surface area contributed by atoms with E-state index in [2.05, 4.69) is 21.6 Å². The van der Waals surface area contributed by atoms with Gasteiger partial charge in [-0.25, -0.2) is 4.79 Å². The minimum Gasteiger partial charge on any atom is -0.442 e. The Morgan fingerprint density at radius 3 is 2.91 bits per heavy atom. The SMILES string of the molecule is O=C1O[C@@H]2CN(C3CCSCC3)C[C@@H]2N1CCc1ccccn1. The van der Waals surface area contributed by atoms with E-state index in [0.717, 1.165) is 25.2 Å². The van der Waals surface area contributed by atoms with E-state index in [4.69, 9.17) is 4.74 Å². The number of aromatic nitrogens is 1. The normalized spacial score (nSPS) is 28.9. The zero-order valence-electron chi connectivity index (χ0n) is 13.3. The fourth-order valence-corrected chi connectivity index (χ4v) is 5.00. The number of fused-ring (bicyclic) bond motifs is 1. The second-order valence-electron chi connectivity index (χ2n) is 6.55. The Morgan fingerprint density at radius 2 is 2.13 bits per heavy atom. The molecular formula is C17H23N3O2S. The lowest BCUT2D eigenvalue weighted by molar-refractivity contribution is 0.110. The number of ether oxygens (including phenoxy) is 1. The lowest BCUT2D eigenvalue weighted by Crippen LogP contribution is -2.42. The van der Waals surface area contributed by atoms with Crippen LogP contribution in [0.1, 0.15) is 18.5 Å². The molecular weight excluding hydrogens is 310 g/mol. The van der Waals surface area contributed by atoms with E-state index in [-0.39, 0.29) is 18.2 Å². The van der Waals surface area contributed by atoms with Crippen molar-refractivity contribution >= 4 is 17.9 Å². The van der Waals surface area contributed by atoms with Gasteiger partial charge in [-0.15, -0.1) is 0 Å². The fraction of sp³-hybridized carbons (Fsp3) is 0.647. The van der Waals surface area contributed by atoms with Crippen LogP contribution in [0.15, 0.2) is 24.4 Å². The summed E-state index contributed by atoms with van der Waals surface area (Å²) in [5.41, 5.74) is 1.03. The van der Waals surface area contributed by atoms with E-state index in [1.165, 1.54) is 24.3 Å². The number of thioether (sulfide) groups is 1. The Bertz CT molecular complexity index is 550. The van der Waals surface area contributed by atoms with Gasteiger partial charge in [-0.2, -0.15) is 11.8 Å². The molecule has 1 aromatic heterocycles. The molecule has 5 nitrogen and oxygen atoms in total. The maximum atomic E-state index is 12.2. The average Bonchev–Trinajstić information content (AvgIpc) is 3.12. The van der Waals surface area contributed by atoms with Crippen LogP contribution < -0.4 is 0 Å². The summed E-state index contributed by atoms with van der Waals surface area (Å²) in [4.78, 5) is 21.0. The number of nitrogens with zero attached hydrogens (tertiary/aromatic N) is 3. The van der Waals surface area contributed by atoms with Crippen molar-refractivity contribution in [3.05, 3.63) is 30.1 Å². The van der Waals surface area contributed by atoms with Crippen molar-refractivity contribution < 1.29 is 9.53 Å². The molecule has 23 heavy (non-hydrogen) atoms. The van der Waals surface area contributed by atoms with Crippen LogP contribution in [0.2, 0.25) is 0 Å². The number of rotatable bonds is 4. The van der Waals surface area contributed by atoms with Crippen LogP contribution in [0.5, 0.6) is 0 Å². The van der Waals surface area contributed by atoms with Gasteiger partial charge in [0.05, 0.1) is 6.04 Å². The molecule has 1 aromatic rings. The standard InChI is InChI=1S/C17H23N3O2S/c21-17-20(8-4-13-3-1-2-7-18-13)15-11-19(12-16(15)22-17)14-5-9-23-10-6-14/h1-3,7,14-16H,4-6,8-12H2/t15-,16+/m0/s1. The van der Waals surface area contributed by atoms with E-state index in [0.29, 0.717) is 12.6 Å². The van der Waals surface area contributed by atoms with Gasteiger partial charge in [0.1, 0.15) is 6.10 Å².